The molecule has 1 fully saturated rings. The lowest BCUT2D eigenvalue weighted by molar-refractivity contribution is 0.0990. The number of hydrogen-bond acceptors (Lipinski definition) is 5. The highest BCUT2D eigenvalue weighted by molar-refractivity contribution is 5.29. The van der Waals surface area contributed by atoms with E-state index >= 15 is 0 Å². The smallest absolute Gasteiger partial charge is 0.144 e. The van der Waals surface area contributed by atoms with Crippen LogP contribution in [-0.4, -0.2) is 59.5 Å². The van der Waals surface area contributed by atoms with Crippen LogP contribution >= 0.6 is 0 Å². The second kappa shape index (κ2) is 5.42. The van der Waals surface area contributed by atoms with Gasteiger partial charge < -0.3 is 10.2 Å². The number of likely N-dealkylation sites (N-methyl/N-ethyl adjacent to an activating group) is 1. The van der Waals surface area contributed by atoms with Crippen molar-refractivity contribution in [1.82, 2.24) is 19.8 Å². The summed E-state index contributed by atoms with van der Waals surface area (Å²) < 4.78 is 0. The molecule has 0 amide bonds. The van der Waals surface area contributed by atoms with Crippen LogP contribution in [0.1, 0.15) is 12.6 Å². The van der Waals surface area contributed by atoms with E-state index in [1.165, 1.54) is 0 Å². The van der Waals surface area contributed by atoms with E-state index < -0.39 is 0 Å². The molecule has 1 aromatic heterocycles. The SMILES string of the molecule is CNc1cnc(CN2CCN(C)C(C)C2)cn1. The minimum Gasteiger partial charge on any atom is -0.372 e. The van der Waals surface area contributed by atoms with Crippen LogP contribution < -0.4 is 5.32 Å². The lowest BCUT2D eigenvalue weighted by Crippen LogP contribution is -2.49. The van der Waals surface area contributed by atoms with Gasteiger partial charge in [0.2, 0.25) is 0 Å². The number of hydrogen-bond donors (Lipinski definition) is 1. The highest BCUT2D eigenvalue weighted by Crippen LogP contribution is 2.10. The number of aromatic nitrogens is 2. The molecule has 1 saturated heterocycles. The first-order valence-electron chi connectivity index (χ1n) is 6.10. The lowest BCUT2D eigenvalue weighted by Gasteiger charge is -2.37. The van der Waals surface area contributed by atoms with Crippen LogP contribution in [0.4, 0.5) is 5.82 Å². The van der Waals surface area contributed by atoms with Crippen molar-refractivity contribution in [1.29, 1.82) is 0 Å². The predicted molar refractivity (Wildman–Crippen MR) is 68.9 cm³/mol. The Bertz CT molecular complexity index is 350. The molecule has 0 spiro atoms. The molecule has 1 unspecified atom stereocenters. The summed E-state index contributed by atoms with van der Waals surface area (Å²) in [5.41, 5.74) is 1.04. The molecule has 17 heavy (non-hydrogen) atoms. The van der Waals surface area contributed by atoms with E-state index in [0.717, 1.165) is 37.7 Å². The molecular formula is C12H21N5. The monoisotopic (exact) mass is 235 g/mol. The van der Waals surface area contributed by atoms with Crippen LogP contribution in [0.5, 0.6) is 0 Å². The molecule has 0 radical (unpaired) electrons. The van der Waals surface area contributed by atoms with Gasteiger partial charge >= 0.3 is 0 Å². The molecule has 0 aromatic carbocycles. The van der Waals surface area contributed by atoms with E-state index in [1.54, 1.807) is 6.20 Å². The first-order valence-corrected chi connectivity index (χ1v) is 6.10. The molecule has 0 bridgehead atoms. The largest absolute Gasteiger partial charge is 0.372 e. The maximum Gasteiger partial charge on any atom is 0.144 e. The number of rotatable bonds is 3. The molecule has 0 aliphatic carbocycles. The van der Waals surface area contributed by atoms with Gasteiger partial charge in [-0.2, -0.15) is 0 Å². The number of nitrogens with one attached hydrogen (secondary N) is 1. The fraction of sp³-hybridized carbons (Fsp3) is 0.667. The Morgan fingerprint density at radius 3 is 2.76 bits per heavy atom. The molecular weight excluding hydrogens is 214 g/mol. The zero-order valence-electron chi connectivity index (χ0n) is 10.8. The lowest BCUT2D eigenvalue weighted by atomic mass is 10.2. The molecule has 1 aliphatic rings. The average Bonchev–Trinajstić information content (AvgIpc) is 2.35. The molecule has 2 heterocycles. The van der Waals surface area contributed by atoms with Crippen molar-refractivity contribution in [3.63, 3.8) is 0 Å². The van der Waals surface area contributed by atoms with Crippen LogP contribution in [0.2, 0.25) is 0 Å². The van der Waals surface area contributed by atoms with Crippen molar-refractivity contribution in [2.45, 2.75) is 19.5 Å². The van der Waals surface area contributed by atoms with Gasteiger partial charge in [0.25, 0.3) is 0 Å². The fourth-order valence-electron chi connectivity index (χ4n) is 2.06. The Labute approximate surface area is 103 Å². The maximum atomic E-state index is 4.41. The van der Waals surface area contributed by atoms with Gasteiger partial charge in [-0.05, 0) is 14.0 Å². The summed E-state index contributed by atoms with van der Waals surface area (Å²) in [5, 5.41) is 2.98. The molecule has 1 N–H and O–H groups in total. The van der Waals surface area contributed by atoms with Gasteiger partial charge in [-0.3, -0.25) is 9.88 Å². The highest BCUT2D eigenvalue weighted by atomic mass is 15.3. The normalized spacial score (nSPS) is 22.6. The third-order valence-corrected chi connectivity index (χ3v) is 3.39. The molecule has 1 aromatic rings. The zero-order valence-corrected chi connectivity index (χ0v) is 10.8. The summed E-state index contributed by atoms with van der Waals surface area (Å²) in [6.45, 7) is 6.50. The van der Waals surface area contributed by atoms with Gasteiger partial charge in [0.1, 0.15) is 5.82 Å². The van der Waals surface area contributed by atoms with Gasteiger partial charge in [-0.1, -0.05) is 0 Å². The standard InChI is InChI=1S/C12H21N5/c1-10-8-17(5-4-16(10)3)9-11-6-15-12(13-2)7-14-11/h6-7,10H,4-5,8-9H2,1-3H3,(H,13,15). The van der Waals surface area contributed by atoms with Crippen molar-refractivity contribution in [2.75, 3.05) is 39.0 Å². The molecule has 1 atom stereocenters. The Morgan fingerprint density at radius 2 is 2.18 bits per heavy atom. The molecule has 5 heteroatoms. The molecule has 94 valence electrons. The molecule has 0 saturated carbocycles. The zero-order chi connectivity index (χ0) is 12.3. The van der Waals surface area contributed by atoms with Crippen molar-refractivity contribution >= 4 is 5.82 Å². The predicted octanol–water partition coefficient (Wildman–Crippen LogP) is 0.654. The summed E-state index contributed by atoms with van der Waals surface area (Å²) in [7, 11) is 4.04. The van der Waals surface area contributed by atoms with E-state index in [1.807, 2.05) is 13.2 Å². The van der Waals surface area contributed by atoms with Crippen molar-refractivity contribution in [3.8, 4) is 0 Å². The van der Waals surface area contributed by atoms with Gasteiger partial charge in [0.05, 0.1) is 18.1 Å². The number of nitrogens with zero attached hydrogens (tertiary/aromatic N) is 4. The minimum atomic E-state index is 0.619. The van der Waals surface area contributed by atoms with Crippen LogP contribution in [0, 0.1) is 0 Å². The summed E-state index contributed by atoms with van der Waals surface area (Å²) in [5.74, 6) is 0.820. The Kier molecular flexibility index (Phi) is 3.91. The maximum absolute atomic E-state index is 4.41. The second-order valence-corrected chi connectivity index (χ2v) is 4.71. The molecule has 2 rings (SSSR count). The molecule has 5 nitrogen and oxygen atoms in total. The van der Waals surface area contributed by atoms with E-state index in [4.69, 9.17) is 0 Å². The second-order valence-electron chi connectivity index (χ2n) is 4.71. The third kappa shape index (κ3) is 3.14. The van der Waals surface area contributed by atoms with E-state index in [9.17, 15) is 0 Å². The van der Waals surface area contributed by atoms with Crippen molar-refractivity contribution in [3.05, 3.63) is 18.1 Å². The molecule has 1 aliphatic heterocycles. The topological polar surface area (TPSA) is 44.3 Å². The fourth-order valence-corrected chi connectivity index (χ4v) is 2.06. The van der Waals surface area contributed by atoms with Crippen molar-refractivity contribution < 1.29 is 0 Å². The van der Waals surface area contributed by atoms with Gasteiger partial charge in [0, 0.05) is 39.3 Å². The Balaban J connectivity index is 1.92. The number of piperazine rings is 1. The van der Waals surface area contributed by atoms with Crippen molar-refractivity contribution in [2.24, 2.45) is 0 Å². The van der Waals surface area contributed by atoms with Crippen LogP contribution in [0.3, 0.4) is 0 Å². The average molecular weight is 235 g/mol. The van der Waals surface area contributed by atoms with Crippen LogP contribution in [0.15, 0.2) is 12.4 Å². The highest BCUT2D eigenvalue weighted by Gasteiger charge is 2.20. The Morgan fingerprint density at radius 1 is 1.35 bits per heavy atom. The quantitative estimate of drug-likeness (QED) is 0.833. The van der Waals surface area contributed by atoms with E-state index in [0.29, 0.717) is 6.04 Å². The van der Waals surface area contributed by atoms with E-state index in [2.05, 4.69) is 39.1 Å². The van der Waals surface area contributed by atoms with Gasteiger partial charge in [0.15, 0.2) is 0 Å². The van der Waals surface area contributed by atoms with E-state index in [-0.39, 0.29) is 0 Å². The van der Waals surface area contributed by atoms with Gasteiger partial charge in [-0.25, -0.2) is 4.98 Å². The van der Waals surface area contributed by atoms with Crippen LogP contribution in [-0.2, 0) is 6.54 Å². The van der Waals surface area contributed by atoms with Crippen LogP contribution in [0.25, 0.3) is 0 Å². The summed E-state index contributed by atoms with van der Waals surface area (Å²) >= 11 is 0. The Hall–Kier alpha value is -1.20. The number of anilines is 1. The third-order valence-electron chi connectivity index (χ3n) is 3.39. The minimum absolute atomic E-state index is 0.619. The van der Waals surface area contributed by atoms with Gasteiger partial charge in [-0.15, -0.1) is 0 Å². The summed E-state index contributed by atoms with van der Waals surface area (Å²) in [6.07, 6.45) is 3.64. The first-order chi connectivity index (χ1) is 8.19. The summed E-state index contributed by atoms with van der Waals surface area (Å²) in [4.78, 5) is 13.5. The summed E-state index contributed by atoms with van der Waals surface area (Å²) in [6, 6.07) is 0.619. The first kappa shape index (κ1) is 12.3.